The predicted octanol–water partition coefficient (Wildman–Crippen LogP) is 2.06. The highest BCUT2D eigenvalue weighted by molar-refractivity contribution is 5.88. The number of hydrogen-bond donors (Lipinski definition) is 0. The lowest BCUT2D eigenvalue weighted by Crippen LogP contribution is -2.13. The third kappa shape index (κ3) is 5.94. The zero-order valence-electron chi connectivity index (χ0n) is 10.3. The van der Waals surface area contributed by atoms with E-state index in [4.69, 9.17) is 0 Å². The molecule has 0 aliphatic rings. The van der Waals surface area contributed by atoms with Gasteiger partial charge in [-0.05, 0) is 18.9 Å². The van der Waals surface area contributed by atoms with Gasteiger partial charge in [0.1, 0.15) is 5.78 Å². The summed E-state index contributed by atoms with van der Waals surface area (Å²) in [5.74, 6) is -1.28. The molecule has 0 unspecified atom stereocenters. The number of benzene rings is 1. The van der Waals surface area contributed by atoms with E-state index >= 15 is 0 Å². The number of Topliss-reactive ketones (excluding diaryl/α,β-unsaturated/α-hetero) is 1. The molecule has 0 saturated carbocycles. The largest absolute Gasteiger partial charge is 0.393 e. The minimum atomic E-state index is -0.636. The molecule has 0 N–H and O–H groups in total. The lowest BCUT2D eigenvalue weighted by atomic mass is 10.1. The summed E-state index contributed by atoms with van der Waals surface area (Å²) < 4.78 is 4.59. The molecule has 4 nitrogen and oxygen atoms in total. The van der Waals surface area contributed by atoms with Gasteiger partial charge < -0.3 is 9.53 Å². The van der Waals surface area contributed by atoms with Crippen molar-refractivity contribution >= 4 is 17.7 Å². The van der Waals surface area contributed by atoms with Crippen molar-refractivity contribution < 1.29 is 19.1 Å². The Labute approximate surface area is 106 Å². The maximum absolute atomic E-state index is 11.3. The maximum Gasteiger partial charge on any atom is 0.313 e. The summed E-state index contributed by atoms with van der Waals surface area (Å²) in [7, 11) is 0. The van der Waals surface area contributed by atoms with E-state index in [1.807, 2.05) is 30.3 Å². The average molecular weight is 248 g/mol. The van der Waals surface area contributed by atoms with E-state index in [-0.39, 0.29) is 25.0 Å². The number of aryl methyl sites for hydroxylation is 1. The predicted molar refractivity (Wildman–Crippen MR) is 65.8 cm³/mol. The Morgan fingerprint density at radius 3 is 2.17 bits per heavy atom. The third-order valence-corrected chi connectivity index (χ3v) is 2.37. The van der Waals surface area contributed by atoms with Gasteiger partial charge in [0.05, 0.1) is 12.8 Å². The number of ketones is 1. The van der Waals surface area contributed by atoms with Gasteiger partial charge in [0.15, 0.2) is 0 Å². The van der Waals surface area contributed by atoms with Crippen LogP contribution in [0.3, 0.4) is 0 Å². The lowest BCUT2D eigenvalue weighted by Gasteiger charge is -2.02. The van der Waals surface area contributed by atoms with E-state index < -0.39 is 11.9 Å². The Hall–Kier alpha value is -1.97. The topological polar surface area (TPSA) is 60.4 Å². The molecule has 1 aromatic carbocycles. The standard InChI is InChI=1S/C14H16O4/c1-11(15)7-9-13(16)18-14(17)10-8-12-5-3-2-4-6-12/h2-6H,7-10H2,1H3. The monoisotopic (exact) mass is 248 g/mol. The zero-order valence-corrected chi connectivity index (χ0v) is 10.3. The van der Waals surface area contributed by atoms with Crippen molar-refractivity contribution in [1.29, 1.82) is 0 Å². The smallest absolute Gasteiger partial charge is 0.313 e. The van der Waals surface area contributed by atoms with Gasteiger partial charge in [-0.3, -0.25) is 9.59 Å². The van der Waals surface area contributed by atoms with Crippen molar-refractivity contribution in [3.05, 3.63) is 35.9 Å². The van der Waals surface area contributed by atoms with Crippen LogP contribution in [0, 0.1) is 0 Å². The number of ether oxygens (including phenoxy) is 1. The molecule has 1 aromatic rings. The number of rotatable bonds is 6. The van der Waals surface area contributed by atoms with Crippen LogP contribution in [0.2, 0.25) is 0 Å². The van der Waals surface area contributed by atoms with Gasteiger partial charge in [-0.25, -0.2) is 0 Å². The van der Waals surface area contributed by atoms with Crippen molar-refractivity contribution in [2.45, 2.75) is 32.6 Å². The summed E-state index contributed by atoms with van der Waals surface area (Å²) in [6.45, 7) is 1.39. The van der Waals surface area contributed by atoms with E-state index in [1.54, 1.807) is 0 Å². The Balaban J connectivity index is 2.25. The molecule has 0 atom stereocenters. The first-order valence-corrected chi connectivity index (χ1v) is 5.85. The molecule has 0 heterocycles. The lowest BCUT2D eigenvalue weighted by molar-refractivity contribution is -0.160. The summed E-state index contributed by atoms with van der Waals surface area (Å²) in [5.41, 5.74) is 1.02. The first-order valence-electron chi connectivity index (χ1n) is 5.85. The SMILES string of the molecule is CC(=O)CCC(=O)OC(=O)CCc1ccccc1. The van der Waals surface area contributed by atoms with E-state index in [0.29, 0.717) is 6.42 Å². The van der Waals surface area contributed by atoms with E-state index in [1.165, 1.54) is 6.92 Å². The highest BCUT2D eigenvalue weighted by Gasteiger charge is 2.11. The Morgan fingerprint density at radius 1 is 0.944 bits per heavy atom. The van der Waals surface area contributed by atoms with Crippen molar-refractivity contribution in [2.75, 3.05) is 0 Å². The van der Waals surface area contributed by atoms with Crippen molar-refractivity contribution in [2.24, 2.45) is 0 Å². The van der Waals surface area contributed by atoms with Crippen LogP contribution in [-0.4, -0.2) is 17.7 Å². The highest BCUT2D eigenvalue weighted by atomic mass is 16.6. The van der Waals surface area contributed by atoms with Crippen LogP contribution in [0.15, 0.2) is 30.3 Å². The van der Waals surface area contributed by atoms with Gasteiger partial charge in [0, 0.05) is 6.42 Å². The minimum absolute atomic E-state index is 0.0353. The van der Waals surface area contributed by atoms with Crippen LogP contribution in [0.1, 0.15) is 31.7 Å². The van der Waals surface area contributed by atoms with Crippen LogP contribution in [0.5, 0.6) is 0 Å². The Morgan fingerprint density at radius 2 is 1.56 bits per heavy atom. The normalized spacial score (nSPS) is 9.83. The van der Waals surface area contributed by atoms with Crippen LogP contribution < -0.4 is 0 Å². The summed E-state index contributed by atoms with van der Waals surface area (Å²) in [6, 6.07) is 9.49. The fraction of sp³-hybridized carbons (Fsp3) is 0.357. The molecular formula is C14H16O4. The quantitative estimate of drug-likeness (QED) is 0.571. The third-order valence-electron chi connectivity index (χ3n) is 2.37. The summed E-state index contributed by atoms with van der Waals surface area (Å²) >= 11 is 0. The number of carbonyl (C=O) groups is 3. The van der Waals surface area contributed by atoms with Gasteiger partial charge in [0.25, 0.3) is 0 Å². The molecular weight excluding hydrogens is 232 g/mol. The van der Waals surface area contributed by atoms with Crippen LogP contribution >= 0.6 is 0 Å². The fourth-order valence-corrected chi connectivity index (χ4v) is 1.40. The van der Waals surface area contributed by atoms with E-state index in [0.717, 1.165) is 5.56 Å². The molecule has 0 radical (unpaired) electrons. The van der Waals surface area contributed by atoms with E-state index in [2.05, 4.69) is 4.74 Å². The Kier molecular flexibility index (Phi) is 5.77. The number of esters is 2. The van der Waals surface area contributed by atoms with Crippen molar-refractivity contribution in [3.63, 3.8) is 0 Å². The van der Waals surface area contributed by atoms with Crippen LogP contribution in [0.25, 0.3) is 0 Å². The highest BCUT2D eigenvalue weighted by Crippen LogP contribution is 2.04. The van der Waals surface area contributed by atoms with Gasteiger partial charge >= 0.3 is 11.9 Å². The average Bonchev–Trinajstić information content (AvgIpc) is 2.35. The van der Waals surface area contributed by atoms with E-state index in [9.17, 15) is 14.4 Å². The minimum Gasteiger partial charge on any atom is -0.393 e. The second-order valence-corrected chi connectivity index (χ2v) is 4.03. The van der Waals surface area contributed by atoms with Gasteiger partial charge in [-0.15, -0.1) is 0 Å². The second kappa shape index (κ2) is 7.37. The zero-order chi connectivity index (χ0) is 13.4. The molecule has 0 saturated heterocycles. The molecule has 0 aliphatic carbocycles. The molecule has 0 fully saturated rings. The number of hydrogen-bond acceptors (Lipinski definition) is 4. The van der Waals surface area contributed by atoms with Crippen LogP contribution in [-0.2, 0) is 25.5 Å². The fourth-order valence-electron chi connectivity index (χ4n) is 1.40. The molecule has 1 rings (SSSR count). The van der Waals surface area contributed by atoms with Gasteiger partial charge in [-0.1, -0.05) is 30.3 Å². The number of carbonyl (C=O) groups excluding carboxylic acids is 3. The Bertz CT molecular complexity index is 423. The summed E-state index contributed by atoms with van der Waals surface area (Å²) in [5, 5.41) is 0. The first-order chi connectivity index (χ1) is 8.58. The van der Waals surface area contributed by atoms with Gasteiger partial charge in [-0.2, -0.15) is 0 Å². The van der Waals surface area contributed by atoms with Crippen molar-refractivity contribution in [1.82, 2.24) is 0 Å². The summed E-state index contributed by atoms with van der Waals surface area (Å²) in [6.07, 6.45) is 0.784. The second-order valence-electron chi connectivity index (χ2n) is 4.03. The summed E-state index contributed by atoms with van der Waals surface area (Å²) in [4.78, 5) is 33.2. The molecule has 96 valence electrons. The van der Waals surface area contributed by atoms with Crippen molar-refractivity contribution in [3.8, 4) is 0 Å². The van der Waals surface area contributed by atoms with Crippen LogP contribution in [0.4, 0.5) is 0 Å². The van der Waals surface area contributed by atoms with Gasteiger partial charge in [0.2, 0.25) is 0 Å². The molecule has 18 heavy (non-hydrogen) atoms. The molecule has 0 aliphatic heterocycles. The molecule has 0 spiro atoms. The maximum atomic E-state index is 11.3. The molecule has 0 bridgehead atoms. The molecule has 0 aromatic heterocycles. The molecule has 4 heteroatoms. The molecule has 0 amide bonds. The first kappa shape index (κ1) is 14.1.